The van der Waals surface area contributed by atoms with E-state index < -0.39 is 23.9 Å². The van der Waals surface area contributed by atoms with Crippen molar-refractivity contribution in [3.05, 3.63) is 35.9 Å². The van der Waals surface area contributed by atoms with Gasteiger partial charge in [0.15, 0.2) is 5.75 Å². The van der Waals surface area contributed by atoms with E-state index in [0.717, 1.165) is 5.56 Å². The topological polar surface area (TPSA) is 52.6 Å². The first-order valence-corrected chi connectivity index (χ1v) is 13.4. The minimum Gasteiger partial charge on any atom is -0.543 e. The monoisotopic (exact) mass is 462 g/mol. The van der Waals surface area contributed by atoms with Crippen molar-refractivity contribution in [1.82, 2.24) is 0 Å². The van der Waals surface area contributed by atoms with E-state index in [9.17, 15) is 21.6 Å². The standard InChI is InChI=1S/C21H29F3O4SSi/c1-13(2)30(14(3)4,15(5)6)28-18-11-17-10-16(7)8-9-19(17)20(12-18)27-29(25,26)21(22,23)24/h8-15H,1-7H3. The first-order chi connectivity index (χ1) is 13.6. The number of rotatable bonds is 7. The van der Waals surface area contributed by atoms with E-state index in [1.807, 2.05) is 6.92 Å². The van der Waals surface area contributed by atoms with Crippen LogP contribution in [0.3, 0.4) is 0 Å². The lowest BCUT2D eigenvalue weighted by Crippen LogP contribution is -2.50. The van der Waals surface area contributed by atoms with Gasteiger partial charge in [0.2, 0.25) is 0 Å². The molecule has 2 aromatic rings. The molecule has 0 aliphatic rings. The van der Waals surface area contributed by atoms with Crippen LogP contribution in [-0.2, 0) is 10.1 Å². The van der Waals surface area contributed by atoms with E-state index in [-0.39, 0.29) is 27.8 Å². The predicted octanol–water partition coefficient (Wildman–Crippen LogP) is 6.93. The quantitative estimate of drug-likeness (QED) is 0.254. The minimum atomic E-state index is -5.81. The third kappa shape index (κ3) is 4.61. The second kappa shape index (κ2) is 8.41. The van der Waals surface area contributed by atoms with Gasteiger partial charge in [0.1, 0.15) is 5.75 Å². The van der Waals surface area contributed by atoms with Gasteiger partial charge in [-0.2, -0.15) is 21.6 Å². The molecule has 4 nitrogen and oxygen atoms in total. The first-order valence-electron chi connectivity index (χ1n) is 9.86. The smallest absolute Gasteiger partial charge is 0.534 e. The summed E-state index contributed by atoms with van der Waals surface area (Å²) in [5, 5.41) is 0.825. The van der Waals surface area contributed by atoms with Crippen LogP contribution in [0, 0.1) is 6.92 Å². The van der Waals surface area contributed by atoms with Gasteiger partial charge in [-0.15, -0.1) is 0 Å². The average molecular weight is 463 g/mol. The van der Waals surface area contributed by atoms with E-state index in [1.165, 1.54) is 6.07 Å². The maximum absolute atomic E-state index is 12.9. The van der Waals surface area contributed by atoms with Crippen LogP contribution in [0.1, 0.15) is 47.1 Å². The van der Waals surface area contributed by atoms with Crippen LogP contribution in [0.15, 0.2) is 30.3 Å². The van der Waals surface area contributed by atoms with E-state index >= 15 is 0 Å². The van der Waals surface area contributed by atoms with E-state index in [0.29, 0.717) is 11.1 Å². The molecule has 0 radical (unpaired) electrons. The normalized spacial score (nSPS) is 13.5. The minimum absolute atomic E-state index is 0.231. The summed E-state index contributed by atoms with van der Waals surface area (Å²) in [4.78, 5) is 0. The highest BCUT2D eigenvalue weighted by molar-refractivity contribution is 7.88. The Morgan fingerprint density at radius 2 is 1.43 bits per heavy atom. The molecule has 2 rings (SSSR count). The predicted molar refractivity (Wildman–Crippen MR) is 116 cm³/mol. The Labute approximate surface area is 177 Å². The van der Waals surface area contributed by atoms with Gasteiger partial charge in [0.25, 0.3) is 8.32 Å². The fourth-order valence-corrected chi connectivity index (χ4v) is 9.98. The third-order valence-electron chi connectivity index (χ3n) is 5.53. The summed E-state index contributed by atoms with van der Waals surface area (Å²) in [5.74, 6) is -0.0674. The van der Waals surface area contributed by atoms with Crippen molar-refractivity contribution < 1.29 is 30.2 Å². The van der Waals surface area contributed by atoms with Crippen LogP contribution in [-0.4, -0.2) is 22.2 Å². The van der Waals surface area contributed by atoms with Gasteiger partial charge in [-0.25, -0.2) is 0 Å². The second-order valence-corrected chi connectivity index (χ2v) is 15.5. The molecule has 0 fully saturated rings. The number of hydrogen-bond donors (Lipinski definition) is 0. The van der Waals surface area contributed by atoms with Crippen molar-refractivity contribution in [3.63, 3.8) is 0 Å². The number of aryl methyl sites for hydroxylation is 1. The molecular weight excluding hydrogens is 433 g/mol. The summed E-state index contributed by atoms with van der Waals surface area (Å²) in [6, 6.07) is 8.00. The molecule has 0 amide bonds. The molecule has 168 valence electrons. The molecule has 0 aliphatic heterocycles. The highest BCUT2D eigenvalue weighted by atomic mass is 32.2. The van der Waals surface area contributed by atoms with Crippen LogP contribution in [0.4, 0.5) is 13.2 Å². The van der Waals surface area contributed by atoms with Crippen molar-refractivity contribution >= 4 is 29.2 Å². The van der Waals surface area contributed by atoms with Gasteiger partial charge in [-0.1, -0.05) is 65.3 Å². The summed E-state index contributed by atoms with van der Waals surface area (Å²) in [6.45, 7) is 14.4. The van der Waals surface area contributed by atoms with E-state index in [1.54, 1.807) is 24.3 Å². The van der Waals surface area contributed by atoms with Crippen LogP contribution in [0.5, 0.6) is 11.5 Å². The zero-order chi connectivity index (χ0) is 23.1. The van der Waals surface area contributed by atoms with Crippen LogP contribution < -0.4 is 8.61 Å². The summed E-state index contributed by atoms with van der Waals surface area (Å²) in [7, 11) is -8.22. The summed E-state index contributed by atoms with van der Waals surface area (Å²) >= 11 is 0. The third-order valence-corrected chi connectivity index (χ3v) is 12.5. The molecule has 9 heteroatoms. The van der Waals surface area contributed by atoms with Gasteiger partial charge in [0, 0.05) is 11.5 Å². The first kappa shape index (κ1) is 24.5. The maximum Gasteiger partial charge on any atom is 0.534 e. The Morgan fingerprint density at radius 1 is 0.900 bits per heavy atom. The lowest BCUT2D eigenvalue weighted by Gasteiger charge is -2.42. The molecular formula is C21H29F3O4SSi. The van der Waals surface area contributed by atoms with Gasteiger partial charge >= 0.3 is 15.6 Å². The molecule has 0 heterocycles. The van der Waals surface area contributed by atoms with Crippen molar-refractivity contribution in [3.8, 4) is 11.5 Å². The highest BCUT2D eigenvalue weighted by Gasteiger charge is 2.49. The van der Waals surface area contributed by atoms with Crippen LogP contribution >= 0.6 is 0 Å². The highest BCUT2D eigenvalue weighted by Crippen LogP contribution is 2.44. The summed E-state index contributed by atoms with van der Waals surface area (Å²) in [5.41, 5.74) is -3.95. The number of benzene rings is 2. The van der Waals surface area contributed by atoms with Crippen molar-refractivity contribution in [1.29, 1.82) is 0 Å². The Morgan fingerprint density at radius 3 is 1.90 bits per heavy atom. The number of fused-ring (bicyclic) bond motifs is 1. The van der Waals surface area contributed by atoms with E-state index in [4.69, 9.17) is 4.43 Å². The van der Waals surface area contributed by atoms with Gasteiger partial charge in [-0.05, 0) is 35.0 Å². The van der Waals surface area contributed by atoms with Crippen molar-refractivity contribution in [2.75, 3.05) is 0 Å². The Balaban J connectivity index is 2.70. The fraction of sp³-hybridized carbons (Fsp3) is 0.524. The molecule has 30 heavy (non-hydrogen) atoms. The van der Waals surface area contributed by atoms with Crippen molar-refractivity contribution in [2.24, 2.45) is 0 Å². The van der Waals surface area contributed by atoms with Crippen LogP contribution in [0.25, 0.3) is 10.8 Å². The number of halogens is 3. The zero-order valence-electron chi connectivity index (χ0n) is 18.3. The molecule has 0 saturated heterocycles. The summed E-state index contributed by atoms with van der Waals surface area (Å²) < 4.78 is 73.2. The SMILES string of the molecule is Cc1ccc2c(OS(=O)(=O)C(F)(F)F)cc(O[Si](C(C)C)(C(C)C)C(C)C)cc2c1. The van der Waals surface area contributed by atoms with Gasteiger partial charge in [-0.3, -0.25) is 0 Å². The largest absolute Gasteiger partial charge is 0.543 e. The molecule has 0 atom stereocenters. The molecule has 0 aliphatic carbocycles. The lowest BCUT2D eigenvalue weighted by molar-refractivity contribution is -0.0499. The van der Waals surface area contributed by atoms with Gasteiger partial charge < -0.3 is 8.61 Å². The Kier molecular flexibility index (Phi) is 6.88. The van der Waals surface area contributed by atoms with Crippen molar-refractivity contribution in [2.45, 2.75) is 70.6 Å². The number of hydrogen-bond acceptors (Lipinski definition) is 4. The molecule has 0 aromatic heterocycles. The fourth-order valence-electron chi connectivity index (χ4n) is 4.28. The molecule has 0 spiro atoms. The number of alkyl halides is 3. The molecule has 0 saturated carbocycles. The summed E-state index contributed by atoms with van der Waals surface area (Å²) in [6.07, 6.45) is 0. The lowest BCUT2D eigenvalue weighted by atomic mass is 10.1. The van der Waals surface area contributed by atoms with Gasteiger partial charge in [0.05, 0.1) is 0 Å². The zero-order valence-corrected chi connectivity index (χ0v) is 20.1. The van der Waals surface area contributed by atoms with E-state index in [2.05, 4.69) is 45.7 Å². The maximum atomic E-state index is 12.9. The average Bonchev–Trinajstić information content (AvgIpc) is 2.56. The van der Waals surface area contributed by atoms with Crippen LogP contribution in [0.2, 0.25) is 16.6 Å². The Bertz CT molecular complexity index is 993. The molecule has 2 aromatic carbocycles. The Hall–Kier alpha value is -1.74. The molecule has 0 bridgehead atoms. The molecule has 0 N–H and O–H groups in total. The molecule has 0 unspecified atom stereocenters. The second-order valence-electron chi connectivity index (χ2n) is 8.55.